The van der Waals surface area contributed by atoms with Crippen molar-refractivity contribution in [2.75, 3.05) is 17.2 Å². The largest absolute Gasteiger partial charge is 0.494 e. The molecule has 3 rings (SSSR count). The van der Waals surface area contributed by atoms with E-state index in [1.54, 1.807) is 24.3 Å². The fourth-order valence-electron chi connectivity index (χ4n) is 3.57. The molecule has 37 heavy (non-hydrogen) atoms. The number of carbonyl (C=O) groups excluding carboxylic acids is 3. The van der Waals surface area contributed by atoms with Gasteiger partial charge in [-0.25, -0.2) is 4.39 Å². The Balaban J connectivity index is 2.22. The number of hydrogen-bond acceptors (Lipinski definition) is 7. The third-order valence-electron chi connectivity index (χ3n) is 5.82. The Hall–Kier alpha value is -3.99. The molecular weight excluding hydrogens is 497 g/mol. The average Bonchev–Trinajstić information content (AvgIpc) is 3.24. The number of primary amides is 1. The molecule has 0 saturated carbocycles. The monoisotopic (exact) mass is 527 g/mol. The Kier molecular flexibility index (Phi) is 8.49. The number of nitrogens with one attached hydrogen (secondary N) is 1. The van der Waals surface area contributed by atoms with Gasteiger partial charge in [-0.1, -0.05) is 25.1 Å². The molecule has 3 aromatic rings. The minimum atomic E-state index is -1.23. The first-order chi connectivity index (χ1) is 17.5. The van der Waals surface area contributed by atoms with Crippen molar-refractivity contribution in [1.29, 1.82) is 0 Å². The summed E-state index contributed by atoms with van der Waals surface area (Å²) >= 11 is 0.678. The van der Waals surface area contributed by atoms with Gasteiger partial charge in [-0.05, 0) is 74.6 Å². The molecule has 11 heteroatoms. The van der Waals surface area contributed by atoms with Crippen molar-refractivity contribution in [2.24, 2.45) is 5.73 Å². The van der Waals surface area contributed by atoms with E-state index in [9.17, 15) is 18.8 Å². The number of benzene rings is 2. The quantitative estimate of drug-likeness (QED) is 0.363. The maximum atomic E-state index is 14.4. The Morgan fingerprint density at radius 3 is 2.38 bits per heavy atom. The molecular formula is C26H30FN5O4S. The van der Waals surface area contributed by atoms with Gasteiger partial charge in [0.25, 0.3) is 11.8 Å². The average molecular weight is 528 g/mol. The number of nitrogen functional groups attached to an aromatic ring is 1. The van der Waals surface area contributed by atoms with Crippen molar-refractivity contribution in [3.63, 3.8) is 0 Å². The molecule has 0 aliphatic rings. The normalized spacial score (nSPS) is 12.0. The lowest BCUT2D eigenvalue weighted by atomic mass is 9.98. The van der Waals surface area contributed by atoms with Crippen LogP contribution in [0.15, 0.2) is 48.5 Å². The topological polar surface area (TPSA) is 141 Å². The van der Waals surface area contributed by atoms with E-state index < -0.39 is 35.1 Å². The third kappa shape index (κ3) is 6.23. The van der Waals surface area contributed by atoms with Crippen LogP contribution in [-0.2, 0) is 4.79 Å². The first-order valence-electron chi connectivity index (χ1n) is 11.7. The summed E-state index contributed by atoms with van der Waals surface area (Å²) in [5.74, 6) is -2.15. The molecule has 0 aliphatic carbocycles. The molecule has 0 unspecified atom stereocenters. The highest BCUT2D eigenvalue weighted by Gasteiger charge is 2.37. The summed E-state index contributed by atoms with van der Waals surface area (Å²) in [4.78, 5) is 40.6. The van der Waals surface area contributed by atoms with Gasteiger partial charge >= 0.3 is 0 Å². The fourth-order valence-corrected chi connectivity index (χ4v) is 4.31. The van der Waals surface area contributed by atoms with Crippen molar-refractivity contribution in [3.8, 4) is 5.75 Å². The Bertz CT molecular complexity index is 1290. The van der Waals surface area contributed by atoms with Crippen LogP contribution in [0.1, 0.15) is 65.9 Å². The van der Waals surface area contributed by atoms with Crippen LogP contribution in [0.4, 0.5) is 15.8 Å². The van der Waals surface area contributed by atoms with E-state index >= 15 is 0 Å². The fraction of sp³-hybridized carbons (Fsp3) is 0.308. The number of amides is 3. The van der Waals surface area contributed by atoms with Crippen LogP contribution in [0.5, 0.6) is 5.75 Å². The molecule has 0 saturated heterocycles. The summed E-state index contributed by atoms with van der Waals surface area (Å²) in [6, 6.07) is 10.8. The van der Waals surface area contributed by atoms with E-state index in [-0.39, 0.29) is 21.9 Å². The lowest BCUT2D eigenvalue weighted by molar-refractivity contribution is -0.124. The molecule has 9 nitrogen and oxygen atoms in total. The summed E-state index contributed by atoms with van der Waals surface area (Å²) in [5.41, 5.74) is 10.9. The van der Waals surface area contributed by atoms with Gasteiger partial charge in [0.1, 0.15) is 22.5 Å². The molecule has 1 atom stereocenters. The van der Waals surface area contributed by atoms with Crippen LogP contribution < -0.4 is 26.4 Å². The van der Waals surface area contributed by atoms with Crippen molar-refractivity contribution in [1.82, 2.24) is 9.69 Å². The summed E-state index contributed by atoms with van der Waals surface area (Å²) < 4.78 is 23.8. The Labute approximate surface area is 218 Å². The molecule has 1 aromatic heterocycles. The smallest absolute Gasteiger partial charge is 0.273 e. The number of halogens is 1. The van der Waals surface area contributed by atoms with Gasteiger partial charge in [-0.3, -0.25) is 19.3 Å². The van der Waals surface area contributed by atoms with Gasteiger partial charge in [0, 0.05) is 11.2 Å². The van der Waals surface area contributed by atoms with Gasteiger partial charge in [0.15, 0.2) is 5.69 Å². The van der Waals surface area contributed by atoms with Gasteiger partial charge in [-0.2, -0.15) is 4.37 Å². The lowest BCUT2D eigenvalue weighted by Gasteiger charge is -2.34. The van der Waals surface area contributed by atoms with Gasteiger partial charge in [0.2, 0.25) is 5.91 Å². The van der Waals surface area contributed by atoms with E-state index in [1.807, 2.05) is 27.7 Å². The van der Waals surface area contributed by atoms with Gasteiger partial charge < -0.3 is 21.5 Å². The third-order valence-corrected chi connectivity index (χ3v) is 6.67. The molecule has 0 fully saturated rings. The minimum absolute atomic E-state index is 0.100. The molecule has 0 bridgehead atoms. The van der Waals surface area contributed by atoms with E-state index in [4.69, 9.17) is 16.2 Å². The molecule has 2 aromatic carbocycles. The van der Waals surface area contributed by atoms with Crippen LogP contribution in [0, 0.1) is 5.82 Å². The summed E-state index contributed by atoms with van der Waals surface area (Å²) in [6.45, 7) is 7.94. The highest BCUT2D eigenvalue weighted by molar-refractivity contribution is 7.09. The van der Waals surface area contributed by atoms with E-state index in [0.717, 1.165) is 11.0 Å². The second-order valence-electron chi connectivity index (χ2n) is 8.92. The predicted octanol–water partition coefficient (Wildman–Crippen LogP) is 4.05. The van der Waals surface area contributed by atoms with E-state index in [0.29, 0.717) is 35.9 Å². The highest BCUT2D eigenvalue weighted by atomic mass is 32.1. The predicted molar refractivity (Wildman–Crippen MR) is 141 cm³/mol. The second-order valence-corrected chi connectivity index (χ2v) is 9.70. The number of rotatable bonds is 10. The van der Waals surface area contributed by atoms with Crippen LogP contribution in [-0.4, -0.2) is 34.2 Å². The van der Waals surface area contributed by atoms with Gasteiger partial charge in [0.05, 0.1) is 12.3 Å². The summed E-state index contributed by atoms with van der Waals surface area (Å²) in [7, 11) is 0. The van der Waals surface area contributed by atoms with E-state index in [2.05, 4.69) is 9.69 Å². The van der Waals surface area contributed by atoms with Gasteiger partial charge in [-0.15, -0.1) is 0 Å². The molecule has 3 amide bonds. The van der Waals surface area contributed by atoms with Crippen LogP contribution in [0.3, 0.4) is 0 Å². The molecule has 5 N–H and O–H groups in total. The Morgan fingerprint density at radius 1 is 1.16 bits per heavy atom. The van der Waals surface area contributed by atoms with Crippen molar-refractivity contribution in [3.05, 3.63) is 70.5 Å². The molecule has 0 radical (unpaired) electrons. The van der Waals surface area contributed by atoms with E-state index in [1.165, 1.54) is 18.2 Å². The maximum Gasteiger partial charge on any atom is 0.273 e. The SMILES string of the molecule is CCOc1ccc([C@H](C(=O)NC(C)(C)CC)N(C(=O)c2snc(C(N)=O)c2N)c2cccc(F)c2)cc1. The lowest BCUT2D eigenvalue weighted by Crippen LogP contribution is -2.50. The highest BCUT2D eigenvalue weighted by Crippen LogP contribution is 2.34. The maximum absolute atomic E-state index is 14.4. The summed E-state index contributed by atoms with van der Waals surface area (Å²) in [5, 5.41) is 2.98. The minimum Gasteiger partial charge on any atom is -0.494 e. The number of carbonyl (C=O) groups is 3. The second kappa shape index (κ2) is 11.4. The zero-order chi connectivity index (χ0) is 27.3. The molecule has 0 aliphatic heterocycles. The number of nitrogens with two attached hydrogens (primary N) is 2. The number of ether oxygens (including phenoxy) is 1. The van der Waals surface area contributed by atoms with Crippen molar-refractivity contribution < 1.29 is 23.5 Å². The number of aromatic nitrogens is 1. The first-order valence-corrected chi connectivity index (χ1v) is 12.4. The molecule has 0 spiro atoms. The number of nitrogens with zero attached hydrogens (tertiary/aromatic N) is 2. The zero-order valence-corrected chi connectivity index (χ0v) is 21.9. The molecule has 196 valence electrons. The first kappa shape index (κ1) is 27.6. The Morgan fingerprint density at radius 2 is 1.84 bits per heavy atom. The molecule has 1 heterocycles. The number of anilines is 2. The zero-order valence-electron chi connectivity index (χ0n) is 21.1. The van der Waals surface area contributed by atoms with Crippen molar-refractivity contribution in [2.45, 2.75) is 45.7 Å². The van der Waals surface area contributed by atoms with Crippen LogP contribution >= 0.6 is 11.5 Å². The van der Waals surface area contributed by atoms with Crippen LogP contribution in [0.2, 0.25) is 0 Å². The summed E-state index contributed by atoms with van der Waals surface area (Å²) in [6.07, 6.45) is 0.617. The standard InChI is InChI=1S/C26H30FN5O4S/c1-5-26(3,4)30-24(34)21(15-10-12-18(13-11-15)36-6-2)32(17-9-7-8-16(27)14-17)25(35)22-19(28)20(23(29)33)31-37-22/h7-14,21H,5-6,28H2,1-4H3,(H2,29,33)(H,30,34)/t21-/m1/s1. The van der Waals surface area contributed by atoms with Crippen molar-refractivity contribution >= 4 is 40.6 Å². The van der Waals surface area contributed by atoms with Crippen LogP contribution in [0.25, 0.3) is 0 Å². The number of hydrogen-bond donors (Lipinski definition) is 3.